The molecule has 114 valence electrons. The van der Waals surface area contributed by atoms with E-state index in [4.69, 9.17) is 0 Å². The van der Waals surface area contributed by atoms with Gasteiger partial charge in [0.2, 0.25) is 0 Å². The van der Waals surface area contributed by atoms with Crippen molar-refractivity contribution in [3.05, 3.63) is 12.2 Å². The van der Waals surface area contributed by atoms with Gasteiger partial charge >= 0.3 is 0 Å². The number of hydrogen-bond acceptors (Lipinski definition) is 3. The molecule has 0 spiro atoms. The van der Waals surface area contributed by atoms with Crippen LogP contribution in [0.15, 0.2) is 6.33 Å². The summed E-state index contributed by atoms with van der Waals surface area (Å²) in [6, 6.07) is 0.547. The van der Waals surface area contributed by atoms with E-state index in [2.05, 4.69) is 43.1 Å². The highest BCUT2D eigenvalue weighted by atomic mass is 15.3. The van der Waals surface area contributed by atoms with E-state index in [1.54, 1.807) is 6.33 Å². The molecule has 1 aromatic rings. The minimum atomic E-state index is 0.538. The SMILES string of the molecule is CCNC(Cc1ncnn1CC)C1CCC(C)(C)CC1. The second kappa shape index (κ2) is 6.70. The van der Waals surface area contributed by atoms with E-state index in [1.807, 2.05) is 4.68 Å². The third-order valence-electron chi connectivity index (χ3n) is 4.82. The van der Waals surface area contributed by atoms with Crippen LogP contribution in [0.4, 0.5) is 0 Å². The van der Waals surface area contributed by atoms with Gasteiger partial charge in [0.15, 0.2) is 0 Å². The van der Waals surface area contributed by atoms with Crippen molar-refractivity contribution >= 4 is 0 Å². The van der Waals surface area contributed by atoms with Crippen LogP contribution in [0.2, 0.25) is 0 Å². The van der Waals surface area contributed by atoms with Crippen LogP contribution in [0.5, 0.6) is 0 Å². The highest BCUT2D eigenvalue weighted by Gasteiger charge is 2.31. The molecule has 1 saturated carbocycles. The van der Waals surface area contributed by atoms with Gasteiger partial charge in [-0.15, -0.1) is 0 Å². The zero-order valence-corrected chi connectivity index (χ0v) is 13.5. The van der Waals surface area contributed by atoms with E-state index in [0.717, 1.165) is 31.3 Å². The van der Waals surface area contributed by atoms with Gasteiger partial charge in [-0.2, -0.15) is 5.10 Å². The van der Waals surface area contributed by atoms with Gasteiger partial charge in [-0.3, -0.25) is 4.68 Å². The second-order valence-corrected chi connectivity index (χ2v) is 6.86. The summed E-state index contributed by atoms with van der Waals surface area (Å²) in [4.78, 5) is 4.44. The lowest BCUT2D eigenvalue weighted by Gasteiger charge is -2.38. The van der Waals surface area contributed by atoms with Gasteiger partial charge in [0.25, 0.3) is 0 Å². The molecule has 4 heteroatoms. The average molecular weight is 278 g/mol. The van der Waals surface area contributed by atoms with E-state index >= 15 is 0 Å². The normalized spacial score (nSPS) is 21.0. The Morgan fingerprint density at radius 3 is 2.65 bits per heavy atom. The maximum absolute atomic E-state index is 4.44. The molecule has 4 nitrogen and oxygen atoms in total. The summed E-state index contributed by atoms with van der Waals surface area (Å²) >= 11 is 0. The monoisotopic (exact) mass is 278 g/mol. The molecule has 1 aliphatic carbocycles. The van der Waals surface area contributed by atoms with Crippen molar-refractivity contribution in [3.63, 3.8) is 0 Å². The van der Waals surface area contributed by atoms with Crippen LogP contribution in [0.1, 0.15) is 59.2 Å². The van der Waals surface area contributed by atoms with E-state index in [1.165, 1.54) is 25.7 Å². The van der Waals surface area contributed by atoms with Crippen molar-refractivity contribution in [3.8, 4) is 0 Å². The maximum Gasteiger partial charge on any atom is 0.138 e. The Kier molecular flexibility index (Phi) is 5.19. The zero-order chi connectivity index (χ0) is 14.6. The molecular weight excluding hydrogens is 248 g/mol. The number of aromatic nitrogens is 3. The fourth-order valence-corrected chi connectivity index (χ4v) is 3.40. The average Bonchev–Trinajstić information content (AvgIpc) is 2.85. The molecule has 0 aromatic carbocycles. The molecule has 1 unspecified atom stereocenters. The summed E-state index contributed by atoms with van der Waals surface area (Å²) in [5.74, 6) is 1.91. The molecule has 1 aromatic heterocycles. The number of likely N-dealkylation sites (N-methyl/N-ethyl adjacent to an activating group) is 1. The van der Waals surface area contributed by atoms with Crippen molar-refractivity contribution in [2.24, 2.45) is 11.3 Å². The predicted molar refractivity (Wildman–Crippen MR) is 82.6 cm³/mol. The molecule has 0 bridgehead atoms. The first-order valence-electron chi connectivity index (χ1n) is 8.16. The van der Waals surface area contributed by atoms with Crippen LogP contribution in [0.3, 0.4) is 0 Å². The fraction of sp³-hybridized carbons (Fsp3) is 0.875. The first-order valence-corrected chi connectivity index (χ1v) is 8.16. The molecule has 0 aliphatic heterocycles. The number of aryl methyl sites for hydroxylation is 1. The third-order valence-corrected chi connectivity index (χ3v) is 4.82. The molecule has 1 aliphatic rings. The Bertz CT molecular complexity index is 400. The number of nitrogens with one attached hydrogen (secondary N) is 1. The molecule has 1 heterocycles. The minimum absolute atomic E-state index is 0.538. The summed E-state index contributed by atoms with van der Waals surface area (Å²) in [6.45, 7) is 11.1. The van der Waals surface area contributed by atoms with E-state index in [9.17, 15) is 0 Å². The van der Waals surface area contributed by atoms with Crippen LogP contribution in [-0.2, 0) is 13.0 Å². The van der Waals surface area contributed by atoms with E-state index < -0.39 is 0 Å². The van der Waals surface area contributed by atoms with Crippen LogP contribution >= 0.6 is 0 Å². The lowest BCUT2D eigenvalue weighted by atomic mass is 9.70. The fourth-order valence-electron chi connectivity index (χ4n) is 3.40. The highest BCUT2D eigenvalue weighted by Crippen LogP contribution is 2.39. The van der Waals surface area contributed by atoms with Crippen LogP contribution < -0.4 is 5.32 Å². The molecule has 0 radical (unpaired) electrons. The van der Waals surface area contributed by atoms with Crippen LogP contribution in [-0.4, -0.2) is 27.4 Å². The molecular formula is C16H30N4. The Hall–Kier alpha value is -0.900. The largest absolute Gasteiger partial charge is 0.314 e. The topological polar surface area (TPSA) is 42.7 Å². The van der Waals surface area contributed by atoms with Crippen molar-refractivity contribution < 1.29 is 0 Å². The van der Waals surface area contributed by atoms with Gasteiger partial charge in [-0.25, -0.2) is 4.98 Å². The standard InChI is InChI=1S/C16H30N4/c1-5-17-14(11-15-18-12-19-20(15)6-2)13-7-9-16(3,4)10-8-13/h12-14,17H,5-11H2,1-4H3. The van der Waals surface area contributed by atoms with Crippen LogP contribution in [0.25, 0.3) is 0 Å². The van der Waals surface area contributed by atoms with Crippen molar-refractivity contribution in [2.75, 3.05) is 6.54 Å². The van der Waals surface area contributed by atoms with Gasteiger partial charge in [0, 0.05) is 19.0 Å². The van der Waals surface area contributed by atoms with Gasteiger partial charge in [-0.1, -0.05) is 20.8 Å². The molecule has 1 N–H and O–H groups in total. The lowest BCUT2D eigenvalue weighted by Crippen LogP contribution is -2.41. The quantitative estimate of drug-likeness (QED) is 0.869. The number of nitrogens with zero attached hydrogens (tertiary/aromatic N) is 3. The number of rotatable bonds is 6. The van der Waals surface area contributed by atoms with Crippen molar-refractivity contribution in [2.45, 2.75) is 72.4 Å². The first-order chi connectivity index (χ1) is 9.55. The molecule has 0 amide bonds. The molecule has 20 heavy (non-hydrogen) atoms. The Morgan fingerprint density at radius 1 is 1.35 bits per heavy atom. The van der Waals surface area contributed by atoms with Gasteiger partial charge in [0.1, 0.15) is 12.2 Å². The summed E-state index contributed by atoms with van der Waals surface area (Å²) in [6.07, 6.45) is 8.06. The highest BCUT2D eigenvalue weighted by molar-refractivity contribution is 4.94. The van der Waals surface area contributed by atoms with Crippen molar-refractivity contribution in [1.82, 2.24) is 20.1 Å². The zero-order valence-electron chi connectivity index (χ0n) is 13.5. The summed E-state index contributed by atoms with van der Waals surface area (Å²) in [7, 11) is 0. The van der Waals surface area contributed by atoms with E-state index in [0.29, 0.717) is 11.5 Å². The predicted octanol–water partition coefficient (Wildman–Crippen LogP) is 3.04. The van der Waals surface area contributed by atoms with Gasteiger partial charge in [0.05, 0.1) is 0 Å². The minimum Gasteiger partial charge on any atom is -0.314 e. The van der Waals surface area contributed by atoms with Crippen LogP contribution in [0, 0.1) is 11.3 Å². The Labute approximate surface area is 123 Å². The molecule has 1 fully saturated rings. The van der Waals surface area contributed by atoms with E-state index in [-0.39, 0.29) is 0 Å². The third kappa shape index (κ3) is 3.81. The molecule has 2 rings (SSSR count). The lowest BCUT2D eigenvalue weighted by molar-refractivity contribution is 0.160. The van der Waals surface area contributed by atoms with Crippen molar-refractivity contribution in [1.29, 1.82) is 0 Å². The van der Waals surface area contributed by atoms with Gasteiger partial charge < -0.3 is 5.32 Å². The second-order valence-electron chi connectivity index (χ2n) is 6.86. The smallest absolute Gasteiger partial charge is 0.138 e. The maximum atomic E-state index is 4.44. The Balaban J connectivity index is 2.00. The van der Waals surface area contributed by atoms with Gasteiger partial charge in [-0.05, 0) is 50.5 Å². The summed E-state index contributed by atoms with van der Waals surface area (Å²) < 4.78 is 2.02. The summed E-state index contributed by atoms with van der Waals surface area (Å²) in [5.41, 5.74) is 0.538. The Morgan fingerprint density at radius 2 is 2.05 bits per heavy atom. The molecule has 1 atom stereocenters. The first kappa shape index (κ1) is 15.5. The summed E-state index contributed by atoms with van der Waals surface area (Å²) in [5, 5.41) is 7.98. The molecule has 0 saturated heterocycles. The number of hydrogen-bond donors (Lipinski definition) is 1.